The van der Waals surface area contributed by atoms with Gasteiger partial charge in [-0.05, 0) is 55.2 Å². The highest BCUT2D eigenvalue weighted by Crippen LogP contribution is 2.33. The number of halogens is 1. The molecule has 216 valence electrons. The molecule has 1 N–H and O–H groups in total. The van der Waals surface area contributed by atoms with Gasteiger partial charge in [0.15, 0.2) is 5.65 Å². The average molecular weight is 576 g/mol. The van der Waals surface area contributed by atoms with Gasteiger partial charge in [0.1, 0.15) is 11.5 Å². The molecule has 4 heterocycles. The molecule has 0 spiro atoms. The zero-order chi connectivity index (χ0) is 29.7. The molecule has 0 unspecified atom stereocenters. The number of rotatable bonds is 5. The summed E-state index contributed by atoms with van der Waals surface area (Å²) in [5.74, 6) is -1.91. The van der Waals surface area contributed by atoms with E-state index in [0.29, 0.717) is 60.0 Å². The van der Waals surface area contributed by atoms with Crippen LogP contribution >= 0.6 is 0 Å². The van der Waals surface area contributed by atoms with Crippen LogP contribution in [0.2, 0.25) is 0 Å². The van der Waals surface area contributed by atoms with E-state index in [9.17, 15) is 14.7 Å². The molecule has 2 aliphatic heterocycles. The van der Waals surface area contributed by atoms with Gasteiger partial charge in [-0.2, -0.15) is 5.10 Å². The van der Waals surface area contributed by atoms with E-state index < -0.39 is 17.7 Å². The fraction of sp³-hybridized carbons (Fsp3) is 0.235. The molecule has 2 aliphatic rings. The van der Waals surface area contributed by atoms with Gasteiger partial charge in [0.05, 0.1) is 23.3 Å². The minimum Gasteiger partial charge on any atom is -0.481 e. The van der Waals surface area contributed by atoms with E-state index >= 15 is 4.39 Å². The molecule has 43 heavy (non-hydrogen) atoms. The highest BCUT2D eigenvalue weighted by molar-refractivity contribution is 5.94. The predicted octanol–water partition coefficient (Wildman–Crippen LogP) is 5.87. The van der Waals surface area contributed by atoms with Gasteiger partial charge in [-0.15, -0.1) is 0 Å². The quantitative estimate of drug-likeness (QED) is 0.282. The van der Waals surface area contributed by atoms with Crippen LogP contribution in [0.5, 0.6) is 0 Å². The number of carbonyl (C=O) groups is 2. The first-order valence-electron chi connectivity index (χ1n) is 14.5. The predicted molar refractivity (Wildman–Crippen MR) is 161 cm³/mol. The van der Waals surface area contributed by atoms with Crippen LogP contribution in [0.1, 0.15) is 41.0 Å². The summed E-state index contributed by atoms with van der Waals surface area (Å²) < 4.78 is 17.2. The van der Waals surface area contributed by atoms with Crippen LogP contribution in [0.15, 0.2) is 84.9 Å². The Labute approximate surface area is 248 Å². The van der Waals surface area contributed by atoms with Gasteiger partial charge in [0.2, 0.25) is 0 Å². The fourth-order valence-electron chi connectivity index (χ4n) is 6.33. The summed E-state index contributed by atoms with van der Waals surface area (Å²) in [5, 5.41) is 14.1. The second-order valence-electron chi connectivity index (χ2n) is 11.2. The van der Waals surface area contributed by atoms with Crippen LogP contribution in [0.25, 0.3) is 28.2 Å². The number of carbonyl (C=O) groups excluding carboxylic acids is 1. The van der Waals surface area contributed by atoms with E-state index in [0.717, 1.165) is 17.5 Å². The van der Waals surface area contributed by atoms with Crippen molar-refractivity contribution >= 4 is 23.2 Å². The summed E-state index contributed by atoms with van der Waals surface area (Å²) in [6.45, 7) is 3.55. The number of nitrogens with zero attached hydrogens (tertiary/aromatic N) is 5. The molecule has 9 heteroatoms. The van der Waals surface area contributed by atoms with Gasteiger partial charge in [-0.3, -0.25) is 9.59 Å². The van der Waals surface area contributed by atoms with E-state index in [1.54, 1.807) is 28.8 Å². The van der Waals surface area contributed by atoms with E-state index in [1.807, 2.05) is 59.2 Å². The molecule has 7 rings (SSSR count). The number of carboxylic acid groups (broad SMARTS) is 1. The molecule has 0 aliphatic carbocycles. The van der Waals surface area contributed by atoms with E-state index in [4.69, 9.17) is 10.1 Å². The van der Waals surface area contributed by atoms with Crippen LogP contribution in [0, 0.1) is 11.7 Å². The number of aromatic nitrogens is 3. The van der Waals surface area contributed by atoms with Crippen molar-refractivity contribution in [1.82, 2.24) is 19.5 Å². The third-order valence-electron chi connectivity index (χ3n) is 8.70. The lowest BCUT2D eigenvalue weighted by atomic mass is 9.93. The van der Waals surface area contributed by atoms with E-state index in [1.165, 1.54) is 11.6 Å². The van der Waals surface area contributed by atoms with Crippen molar-refractivity contribution in [3.8, 4) is 22.5 Å². The molecule has 1 fully saturated rings. The Morgan fingerprint density at radius 3 is 2.51 bits per heavy atom. The van der Waals surface area contributed by atoms with Crippen molar-refractivity contribution in [2.45, 2.75) is 25.8 Å². The lowest BCUT2D eigenvalue weighted by Crippen LogP contribution is -2.39. The zero-order valence-corrected chi connectivity index (χ0v) is 23.7. The number of carboxylic acids is 1. The van der Waals surface area contributed by atoms with Crippen LogP contribution in [0.3, 0.4) is 0 Å². The van der Waals surface area contributed by atoms with Crippen molar-refractivity contribution in [2.24, 2.45) is 5.92 Å². The summed E-state index contributed by atoms with van der Waals surface area (Å²) in [6.07, 6.45) is 1.31. The Morgan fingerprint density at radius 1 is 0.953 bits per heavy atom. The fourth-order valence-corrected chi connectivity index (χ4v) is 6.33. The van der Waals surface area contributed by atoms with E-state index in [-0.39, 0.29) is 11.9 Å². The average Bonchev–Trinajstić information content (AvgIpc) is 3.69. The molecule has 1 amide bonds. The topological polar surface area (TPSA) is 91.0 Å². The van der Waals surface area contributed by atoms with Crippen LogP contribution in [-0.4, -0.2) is 56.1 Å². The van der Waals surface area contributed by atoms with Gasteiger partial charge >= 0.3 is 5.97 Å². The maximum atomic E-state index is 15.5. The highest BCUT2D eigenvalue weighted by atomic mass is 19.1. The summed E-state index contributed by atoms with van der Waals surface area (Å²) in [4.78, 5) is 33.8. The first kappa shape index (κ1) is 26.8. The smallest absolute Gasteiger partial charge is 0.308 e. The first-order valence-corrected chi connectivity index (χ1v) is 14.5. The van der Waals surface area contributed by atoms with Crippen molar-refractivity contribution in [1.29, 1.82) is 0 Å². The zero-order valence-electron chi connectivity index (χ0n) is 23.7. The van der Waals surface area contributed by atoms with Crippen molar-refractivity contribution in [3.05, 3.63) is 108 Å². The molecule has 0 bridgehead atoms. The Kier molecular flexibility index (Phi) is 6.65. The molecule has 5 aromatic rings. The summed E-state index contributed by atoms with van der Waals surface area (Å²) in [6, 6.07) is 26.1. The van der Waals surface area contributed by atoms with Crippen LogP contribution in [0.4, 0.5) is 10.1 Å². The first-order chi connectivity index (χ1) is 20.9. The maximum absolute atomic E-state index is 15.5. The minimum absolute atomic E-state index is 0.0925. The molecular weight excluding hydrogens is 545 g/mol. The maximum Gasteiger partial charge on any atom is 0.308 e. The summed E-state index contributed by atoms with van der Waals surface area (Å²) in [5.41, 5.74) is 6.02. The van der Waals surface area contributed by atoms with Crippen molar-refractivity contribution in [3.63, 3.8) is 0 Å². The van der Waals surface area contributed by atoms with E-state index in [2.05, 4.69) is 12.1 Å². The Hall–Kier alpha value is -5.05. The number of hydrogen-bond acceptors (Lipinski definition) is 5. The number of hydrogen-bond donors (Lipinski definition) is 1. The second-order valence-corrected chi connectivity index (χ2v) is 11.2. The van der Waals surface area contributed by atoms with Crippen molar-refractivity contribution < 1.29 is 19.1 Å². The molecule has 0 saturated carbocycles. The van der Waals surface area contributed by atoms with Crippen LogP contribution < -0.4 is 4.90 Å². The molecule has 0 radical (unpaired) electrons. The Balaban J connectivity index is 1.26. The number of fused-ring (bicyclic) bond motifs is 2. The number of benzene rings is 3. The molecule has 2 aromatic heterocycles. The Morgan fingerprint density at radius 2 is 1.74 bits per heavy atom. The summed E-state index contributed by atoms with van der Waals surface area (Å²) >= 11 is 0. The largest absolute Gasteiger partial charge is 0.481 e. The van der Waals surface area contributed by atoms with Crippen LogP contribution in [-0.2, 0) is 11.2 Å². The monoisotopic (exact) mass is 575 g/mol. The minimum atomic E-state index is -0.830. The SMILES string of the molecule is C[C@@H]1c2ccccc2CCN1C(=O)c1cc(-c2ccccc2)n2nc(-c3ccc(N4CC[C@H](C(=O)O)C4)cc3F)cc2n1. The van der Waals surface area contributed by atoms with Gasteiger partial charge in [0.25, 0.3) is 5.91 Å². The third-order valence-corrected chi connectivity index (χ3v) is 8.70. The number of aliphatic carboxylic acids is 1. The molecule has 2 atom stereocenters. The van der Waals surface area contributed by atoms with Gasteiger partial charge in [-0.25, -0.2) is 13.9 Å². The van der Waals surface area contributed by atoms with Gasteiger partial charge in [-0.1, -0.05) is 54.6 Å². The third kappa shape index (κ3) is 4.80. The van der Waals surface area contributed by atoms with Gasteiger partial charge in [0, 0.05) is 42.5 Å². The lowest BCUT2D eigenvalue weighted by Gasteiger charge is -2.35. The second kappa shape index (κ2) is 10.7. The normalized spacial score (nSPS) is 18.2. The standard InChI is InChI=1S/C34H30FN5O3/c1-21-26-10-6-5-7-22(26)14-16-39(21)33(41)30-18-31(23-8-3-2-4-9-23)40-32(36-30)19-29(37-40)27-12-11-25(17-28(27)35)38-15-13-24(20-38)34(42)43/h2-12,17-19,21,24H,13-16,20H2,1H3,(H,42,43)/t21-,24+/m1/s1. The highest BCUT2D eigenvalue weighted by Gasteiger charge is 2.31. The molecule has 1 saturated heterocycles. The lowest BCUT2D eigenvalue weighted by molar-refractivity contribution is -0.140. The number of anilines is 1. The molecule has 8 nitrogen and oxygen atoms in total. The molecular formula is C34H30FN5O3. The van der Waals surface area contributed by atoms with Crippen molar-refractivity contribution in [2.75, 3.05) is 24.5 Å². The Bertz CT molecular complexity index is 1870. The summed E-state index contributed by atoms with van der Waals surface area (Å²) in [7, 11) is 0. The molecule has 3 aromatic carbocycles. The number of amides is 1. The van der Waals surface area contributed by atoms with Gasteiger partial charge < -0.3 is 14.9 Å².